The number of nitrogens with zero attached hydrogens (tertiary/aromatic N) is 3. The maximum Gasteiger partial charge on any atom is 0.253 e. The van der Waals surface area contributed by atoms with Crippen LogP contribution in [0.5, 0.6) is 5.88 Å². The molecule has 2 heterocycles. The molecule has 150 valence electrons. The van der Waals surface area contributed by atoms with Gasteiger partial charge < -0.3 is 20.3 Å². The first-order valence-corrected chi connectivity index (χ1v) is 9.46. The van der Waals surface area contributed by atoms with Crippen molar-refractivity contribution in [1.29, 1.82) is 0 Å². The zero-order valence-corrected chi connectivity index (χ0v) is 17.0. The van der Waals surface area contributed by atoms with Gasteiger partial charge in [-0.3, -0.25) is 9.59 Å². The van der Waals surface area contributed by atoms with E-state index < -0.39 is 0 Å². The zero-order chi connectivity index (χ0) is 21.0. The van der Waals surface area contributed by atoms with Crippen LogP contribution in [0.2, 0.25) is 5.02 Å². The normalized spacial score (nSPS) is 15.7. The molecular weight excluding hydrogens is 393 g/mol. The number of anilines is 2. The number of amides is 2. The third kappa shape index (κ3) is 4.86. The summed E-state index contributed by atoms with van der Waals surface area (Å²) in [6.07, 6.45) is 1.96. The number of carbonyl (C=O) groups is 2. The number of aromatic nitrogens is 2. The van der Waals surface area contributed by atoms with E-state index in [9.17, 15) is 9.59 Å². The molecule has 1 fully saturated rings. The number of methoxy groups -OCH3 is 1. The van der Waals surface area contributed by atoms with Gasteiger partial charge in [-0.25, -0.2) is 4.98 Å². The molecule has 2 N–H and O–H groups in total. The van der Waals surface area contributed by atoms with Gasteiger partial charge in [0.1, 0.15) is 5.02 Å². The lowest BCUT2D eigenvalue weighted by Crippen LogP contribution is -2.32. The van der Waals surface area contributed by atoms with Crippen molar-refractivity contribution in [3.63, 3.8) is 0 Å². The third-order valence-electron chi connectivity index (χ3n) is 4.57. The lowest BCUT2D eigenvalue weighted by Gasteiger charge is -2.18. The molecule has 3 rings (SSSR count). The molecule has 0 aliphatic carbocycles. The fourth-order valence-electron chi connectivity index (χ4n) is 3.05. The average Bonchev–Trinajstić information content (AvgIpc) is 3.18. The number of rotatable bonds is 6. The predicted octanol–water partition coefficient (Wildman–Crippen LogP) is 0.848. The fourth-order valence-corrected chi connectivity index (χ4v) is 3.21. The molecular formula is C19H21BClN5O3. The molecule has 1 atom stereocenters. The van der Waals surface area contributed by atoms with Crippen LogP contribution >= 0.6 is 11.6 Å². The number of carbonyl (C=O) groups excluding carboxylic acids is 2. The molecule has 0 saturated carbocycles. The summed E-state index contributed by atoms with van der Waals surface area (Å²) in [7, 11) is 3.28. The Morgan fingerprint density at radius 1 is 1.34 bits per heavy atom. The van der Waals surface area contributed by atoms with Crippen LogP contribution < -0.4 is 21.0 Å². The second kappa shape index (κ2) is 8.96. The molecule has 1 aliphatic heterocycles. The largest absolute Gasteiger partial charge is 0.480 e. The van der Waals surface area contributed by atoms with Gasteiger partial charge in [-0.1, -0.05) is 18.2 Å². The number of ether oxygens (including phenoxy) is 1. The van der Waals surface area contributed by atoms with E-state index in [-0.39, 0.29) is 17.9 Å². The Hall–Kier alpha value is -3.07. The van der Waals surface area contributed by atoms with Gasteiger partial charge in [0.15, 0.2) is 7.85 Å². The van der Waals surface area contributed by atoms with Gasteiger partial charge in [0, 0.05) is 36.0 Å². The molecule has 2 aromatic rings. The first-order chi connectivity index (χ1) is 13.9. The van der Waals surface area contributed by atoms with Crippen LogP contribution in [-0.2, 0) is 4.79 Å². The molecule has 0 radical (unpaired) electrons. The van der Waals surface area contributed by atoms with Crippen LogP contribution in [-0.4, -0.2) is 60.8 Å². The minimum Gasteiger partial charge on any atom is -0.480 e. The van der Waals surface area contributed by atoms with E-state index in [2.05, 4.69) is 27.2 Å². The number of hydrogen-bond donors (Lipinski definition) is 2. The molecule has 10 heteroatoms. The van der Waals surface area contributed by atoms with Crippen molar-refractivity contribution < 1.29 is 14.3 Å². The summed E-state index contributed by atoms with van der Waals surface area (Å²) in [5, 5.41) is 6.28. The summed E-state index contributed by atoms with van der Waals surface area (Å²) in [5.74, 6) is 0.372. The molecule has 0 spiro atoms. The third-order valence-corrected chi connectivity index (χ3v) is 5.01. The van der Waals surface area contributed by atoms with Crippen LogP contribution in [0.25, 0.3) is 0 Å². The van der Waals surface area contributed by atoms with Crippen molar-refractivity contribution in [2.45, 2.75) is 12.5 Å². The molecule has 1 saturated heterocycles. The van der Waals surface area contributed by atoms with E-state index in [0.29, 0.717) is 46.8 Å². The van der Waals surface area contributed by atoms with Crippen LogP contribution in [0.1, 0.15) is 16.8 Å². The minimum atomic E-state index is -0.297. The van der Waals surface area contributed by atoms with Gasteiger partial charge in [0.2, 0.25) is 17.7 Å². The van der Waals surface area contributed by atoms with Gasteiger partial charge in [-0.05, 0) is 36.8 Å². The first-order valence-electron chi connectivity index (χ1n) is 9.08. The Morgan fingerprint density at radius 3 is 2.72 bits per heavy atom. The highest BCUT2D eigenvalue weighted by atomic mass is 35.5. The van der Waals surface area contributed by atoms with Gasteiger partial charge in [0.25, 0.3) is 5.91 Å². The Bertz CT molecular complexity index is 938. The standard InChI is InChI=1S/C19H21BClN5O3/c1-3-14(27)22-12-6-4-11(5-7-12)18(28)26-9-8-13(10-26)23-19-24-16(20)15(21)17(25-19)29-2/h3-7,13H,1,8-10,20H2,2H3,(H,22,27)(H,23,24,25)/t13-/m1/s1. The SMILES string of the molecule is Bc1nc(N[C@@H]2CCN(C(=O)c3ccc(NC(=O)C=C)cc3)C2)nc(OC)c1Cl. The number of nitrogens with one attached hydrogen (secondary N) is 2. The summed E-state index contributed by atoms with van der Waals surface area (Å²) in [4.78, 5) is 34.5. The van der Waals surface area contributed by atoms with Crippen molar-refractivity contribution in [1.82, 2.24) is 14.9 Å². The van der Waals surface area contributed by atoms with E-state index in [1.54, 1.807) is 37.0 Å². The summed E-state index contributed by atoms with van der Waals surface area (Å²) in [6, 6.07) is 6.79. The number of benzene rings is 1. The summed E-state index contributed by atoms with van der Waals surface area (Å²) in [6.45, 7) is 4.56. The van der Waals surface area contributed by atoms with Gasteiger partial charge >= 0.3 is 0 Å². The number of likely N-dealkylation sites (tertiary alicyclic amines) is 1. The molecule has 1 aromatic heterocycles. The Labute approximate surface area is 174 Å². The summed E-state index contributed by atoms with van der Waals surface area (Å²) < 4.78 is 5.17. The number of hydrogen-bond acceptors (Lipinski definition) is 6. The van der Waals surface area contributed by atoms with E-state index in [4.69, 9.17) is 16.3 Å². The van der Waals surface area contributed by atoms with Crippen LogP contribution in [0.15, 0.2) is 36.9 Å². The van der Waals surface area contributed by atoms with Crippen molar-refractivity contribution in [3.05, 3.63) is 47.5 Å². The summed E-state index contributed by atoms with van der Waals surface area (Å²) in [5.41, 5.74) is 1.79. The molecule has 29 heavy (non-hydrogen) atoms. The quantitative estimate of drug-likeness (QED) is 0.538. The lowest BCUT2D eigenvalue weighted by atomic mass is 10.1. The van der Waals surface area contributed by atoms with Crippen molar-refractivity contribution >= 4 is 48.5 Å². The van der Waals surface area contributed by atoms with Gasteiger partial charge in [0.05, 0.1) is 7.11 Å². The van der Waals surface area contributed by atoms with E-state index in [0.717, 1.165) is 6.42 Å². The molecule has 2 amide bonds. The molecule has 8 nitrogen and oxygen atoms in total. The molecule has 1 aliphatic rings. The van der Waals surface area contributed by atoms with Crippen LogP contribution in [0.3, 0.4) is 0 Å². The highest BCUT2D eigenvalue weighted by Gasteiger charge is 2.27. The maximum absolute atomic E-state index is 12.8. The fraction of sp³-hybridized carbons (Fsp3) is 0.263. The second-order valence-corrected chi connectivity index (χ2v) is 6.99. The lowest BCUT2D eigenvalue weighted by molar-refractivity contribution is -0.111. The Morgan fingerprint density at radius 2 is 2.07 bits per heavy atom. The van der Waals surface area contributed by atoms with Crippen LogP contribution in [0.4, 0.5) is 11.6 Å². The Balaban J connectivity index is 1.62. The van der Waals surface area contributed by atoms with Gasteiger partial charge in [-0.15, -0.1) is 0 Å². The predicted molar refractivity (Wildman–Crippen MR) is 115 cm³/mol. The summed E-state index contributed by atoms with van der Waals surface area (Å²) >= 11 is 6.10. The van der Waals surface area contributed by atoms with Crippen LogP contribution in [0, 0.1) is 0 Å². The first kappa shape index (κ1) is 20.7. The maximum atomic E-state index is 12.8. The topological polar surface area (TPSA) is 96.5 Å². The van der Waals surface area contributed by atoms with Crippen molar-refractivity contribution in [2.75, 3.05) is 30.8 Å². The molecule has 0 unspecified atom stereocenters. The zero-order valence-electron chi connectivity index (χ0n) is 16.2. The van der Waals surface area contributed by atoms with Crippen molar-refractivity contribution in [2.24, 2.45) is 0 Å². The highest BCUT2D eigenvalue weighted by Crippen LogP contribution is 2.21. The molecule has 1 aromatic carbocycles. The Kier molecular flexibility index (Phi) is 6.38. The minimum absolute atomic E-state index is 0.0235. The van der Waals surface area contributed by atoms with E-state index in [1.807, 2.05) is 0 Å². The van der Waals surface area contributed by atoms with Gasteiger partial charge in [-0.2, -0.15) is 4.98 Å². The average molecular weight is 414 g/mol. The van der Waals surface area contributed by atoms with E-state index >= 15 is 0 Å². The van der Waals surface area contributed by atoms with Crippen molar-refractivity contribution in [3.8, 4) is 5.88 Å². The smallest absolute Gasteiger partial charge is 0.253 e. The number of halogens is 1. The highest BCUT2D eigenvalue weighted by molar-refractivity contribution is 6.44. The van der Waals surface area contributed by atoms with E-state index in [1.165, 1.54) is 13.2 Å². The molecule has 0 bridgehead atoms. The monoisotopic (exact) mass is 413 g/mol. The second-order valence-electron chi connectivity index (χ2n) is 6.61.